The Hall–Kier alpha value is -2.08. The molecular weight excluding hydrogens is 409 g/mol. The Morgan fingerprint density at radius 2 is 1.90 bits per heavy atom. The van der Waals surface area contributed by atoms with Crippen molar-refractivity contribution in [1.82, 2.24) is 4.90 Å². The lowest BCUT2D eigenvalue weighted by atomic mass is 10.1. The minimum Gasteiger partial charge on any atom is -0.335 e. The Balaban J connectivity index is 0.00000300. The molecule has 1 aliphatic carbocycles. The maximum atomic E-state index is 13.1. The van der Waals surface area contributed by atoms with E-state index in [2.05, 4.69) is 5.32 Å². The molecule has 0 spiro atoms. The zero-order chi connectivity index (χ0) is 20.1. The van der Waals surface area contributed by atoms with Gasteiger partial charge in [-0.05, 0) is 49.9 Å². The number of nitrogens with one attached hydrogen (secondary N) is 1. The fourth-order valence-electron chi connectivity index (χ4n) is 3.57. The minimum absolute atomic E-state index is 0. The Morgan fingerprint density at radius 3 is 2.52 bits per heavy atom. The number of hydrogen-bond donors (Lipinski definition) is 2. The lowest BCUT2D eigenvalue weighted by molar-refractivity contribution is -0.119. The summed E-state index contributed by atoms with van der Waals surface area (Å²) in [7, 11) is 0. The van der Waals surface area contributed by atoms with Gasteiger partial charge in [0.1, 0.15) is 0 Å². The van der Waals surface area contributed by atoms with Crippen LogP contribution < -0.4 is 11.1 Å². The highest BCUT2D eigenvalue weighted by Crippen LogP contribution is 2.27. The Morgan fingerprint density at radius 1 is 1.17 bits per heavy atom. The van der Waals surface area contributed by atoms with Gasteiger partial charge in [-0.1, -0.05) is 41.9 Å². The van der Waals surface area contributed by atoms with Gasteiger partial charge in [-0.25, -0.2) is 0 Å². The van der Waals surface area contributed by atoms with Crippen molar-refractivity contribution in [2.45, 2.75) is 38.8 Å². The van der Waals surface area contributed by atoms with Crippen molar-refractivity contribution in [2.24, 2.45) is 11.7 Å². The first-order valence-corrected chi connectivity index (χ1v) is 10.0. The SMILES string of the molecule is CCN(Cc1ccccc1)C(=O)c1cc(NC(=O)C2CCC(N)C2)ccc1Cl.Cl. The van der Waals surface area contributed by atoms with E-state index in [1.54, 1.807) is 23.1 Å². The Kier molecular flexibility index (Phi) is 8.50. The lowest BCUT2D eigenvalue weighted by Gasteiger charge is -2.22. The normalized spacial score (nSPS) is 18.0. The van der Waals surface area contributed by atoms with Crippen molar-refractivity contribution in [3.05, 3.63) is 64.7 Å². The first-order chi connectivity index (χ1) is 13.5. The molecule has 7 heteroatoms. The molecule has 3 N–H and O–H groups in total. The van der Waals surface area contributed by atoms with Crippen LogP contribution in [0.2, 0.25) is 5.02 Å². The summed E-state index contributed by atoms with van der Waals surface area (Å²) in [4.78, 5) is 27.2. The Bertz CT molecular complexity index is 845. The molecule has 0 bridgehead atoms. The number of amides is 2. The number of anilines is 1. The van der Waals surface area contributed by atoms with Gasteiger partial charge in [-0.15, -0.1) is 12.4 Å². The fraction of sp³-hybridized carbons (Fsp3) is 0.364. The molecule has 0 heterocycles. The van der Waals surface area contributed by atoms with Crippen molar-refractivity contribution >= 4 is 41.5 Å². The van der Waals surface area contributed by atoms with E-state index >= 15 is 0 Å². The summed E-state index contributed by atoms with van der Waals surface area (Å²) in [5.41, 5.74) is 7.92. The van der Waals surface area contributed by atoms with Crippen LogP contribution in [0.3, 0.4) is 0 Å². The second-order valence-corrected chi connectivity index (χ2v) is 7.67. The number of nitrogens with zero attached hydrogens (tertiary/aromatic N) is 1. The van der Waals surface area contributed by atoms with E-state index in [4.69, 9.17) is 17.3 Å². The molecule has 3 rings (SSSR count). The van der Waals surface area contributed by atoms with Crippen LogP contribution in [0.4, 0.5) is 5.69 Å². The lowest BCUT2D eigenvalue weighted by Crippen LogP contribution is -2.30. The standard InChI is InChI=1S/C22H26ClN3O2.ClH/c1-2-26(14-15-6-4-3-5-7-15)22(28)19-13-18(10-11-20(19)23)25-21(27)16-8-9-17(24)12-16;/h3-7,10-11,13,16-17H,2,8-9,12,14,24H2,1H3,(H,25,27);1H. The zero-order valence-electron chi connectivity index (χ0n) is 16.4. The summed E-state index contributed by atoms with van der Waals surface area (Å²) < 4.78 is 0. The molecule has 0 aliphatic heterocycles. The van der Waals surface area contributed by atoms with Crippen LogP contribution >= 0.6 is 24.0 Å². The van der Waals surface area contributed by atoms with Crippen molar-refractivity contribution in [2.75, 3.05) is 11.9 Å². The summed E-state index contributed by atoms with van der Waals surface area (Å²) in [6, 6.07) is 14.9. The molecule has 2 aromatic rings. The molecule has 2 unspecified atom stereocenters. The van der Waals surface area contributed by atoms with Gasteiger partial charge < -0.3 is 16.0 Å². The molecule has 0 radical (unpaired) electrons. The second kappa shape index (κ2) is 10.6. The van der Waals surface area contributed by atoms with E-state index in [9.17, 15) is 9.59 Å². The van der Waals surface area contributed by atoms with Crippen molar-refractivity contribution in [3.63, 3.8) is 0 Å². The molecule has 0 aromatic heterocycles. The van der Waals surface area contributed by atoms with Gasteiger partial charge in [-0.3, -0.25) is 9.59 Å². The van der Waals surface area contributed by atoms with Gasteiger partial charge in [0.2, 0.25) is 5.91 Å². The third-order valence-electron chi connectivity index (χ3n) is 5.19. The van der Waals surface area contributed by atoms with Crippen molar-refractivity contribution in [3.8, 4) is 0 Å². The smallest absolute Gasteiger partial charge is 0.255 e. The molecule has 2 amide bonds. The second-order valence-electron chi connectivity index (χ2n) is 7.26. The number of nitrogens with two attached hydrogens (primary N) is 1. The summed E-state index contributed by atoms with van der Waals surface area (Å²) in [5, 5.41) is 3.28. The van der Waals surface area contributed by atoms with Crippen molar-refractivity contribution in [1.29, 1.82) is 0 Å². The summed E-state index contributed by atoms with van der Waals surface area (Å²) in [6.45, 7) is 2.99. The van der Waals surface area contributed by atoms with Crippen LogP contribution in [0, 0.1) is 5.92 Å². The summed E-state index contributed by atoms with van der Waals surface area (Å²) in [6.07, 6.45) is 2.37. The molecule has 2 aromatic carbocycles. The van der Waals surface area contributed by atoms with E-state index in [0.29, 0.717) is 35.8 Å². The van der Waals surface area contributed by atoms with Crippen molar-refractivity contribution < 1.29 is 9.59 Å². The molecule has 156 valence electrons. The molecule has 1 aliphatic rings. The zero-order valence-corrected chi connectivity index (χ0v) is 18.0. The van der Waals surface area contributed by atoms with Crippen LogP contribution in [-0.2, 0) is 11.3 Å². The monoisotopic (exact) mass is 435 g/mol. The number of rotatable bonds is 6. The summed E-state index contributed by atoms with van der Waals surface area (Å²) >= 11 is 6.30. The highest BCUT2D eigenvalue weighted by atomic mass is 35.5. The van der Waals surface area contributed by atoms with Gasteiger partial charge in [0, 0.05) is 30.7 Å². The summed E-state index contributed by atoms with van der Waals surface area (Å²) in [5.74, 6) is -0.282. The predicted octanol–water partition coefficient (Wildman–Crippen LogP) is 4.49. The van der Waals surface area contributed by atoms with Gasteiger partial charge in [0.15, 0.2) is 0 Å². The van der Waals surface area contributed by atoms with Gasteiger partial charge >= 0.3 is 0 Å². The van der Waals surface area contributed by atoms with Gasteiger partial charge in [-0.2, -0.15) is 0 Å². The molecule has 0 saturated heterocycles. The molecule has 29 heavy (non-hydrogen) atoms. The third-order valence-corrected chi connectivity index (χ3v) is 5.52. The largest absolute Gasteiger partial charge is 0.335 e. The van der Waals surface area contributed by atoms with Gasteiger partial charge in [0.05, 0.1) is 10.6 Å². The predicted molar refractivity (Wildman–Crippen MR) is 120 cm³/mol. The quantitative estimate of drug-likeness (QED) is 0.701. The average molecular weight is 436 g/mol. The topological polar surface area (TPSA) is 75.4 Å². The molecule has 2 atom stereocenters. The molecule has 5 nitrogen and oxygen atoms in total. The average Bonchev–Trinajstić information content (AvgIpc) is 3.14. The van der Waals surface area contributed by atoms with Crippen LogP contribution in [0.1, 0.15) is 42.1 Å². The van der Waals surface area contributed by atoms with E-state index in [-0.39, 0.29) is 36.2 Å². The fourth-order valence-corrected chi connectivity index (χ4v) is 3.77. The maximum Gasteiger partial charge on any atom is 0.255 e. The van der Waals surface area contributed by atoms with Crippen LogP contribution in [-0.4, -0.2) is 29.3 Å². The van der Waals surface area contributed by atoms with E-state index < -0.39 is 0 Å². The van der Waals surface area contributed by atoms with Gasteiger partial charge in [0.25, 0.3) is 5.91 Å². The first kappa shape index (κ1) is 23.2. The number of carbonyl (C=O) groups is 2. The van der Waals surface area contributed by atoms with Crippen LogP contribution in [0.15, 0.2) is 48.5 Å². The third kappa shape index (κ3) is 5.95. The molecule has 1 fully saturated rings. The molecule has 1 saturated carbocycles. The maximum absolute atomic E-state index is 13.1. The first-order valence-electron chi connectivity index (χ1n) is 9.67. The Labute approximate surface area is 183 Å². The van der Waals surface area contributed by atoms with Crippen LogP contribution in [0.5, 0.6) is 0 Å². The highest BCUT2D eigenvalue weighted by Gasteiger charge is 2.28. The van der Waals surface area contributed by atoms with E-state index in [0.717, 1.165) is 18.4 Å². The highest BCUT2D eigenvalue weighted by molar-refractivity contribution is 6.34. The number of hydrogen-bond acceptors (Lipinski definition) is 3. The van der Waals surface area contributed by atoms with Crippen LogP contribution in [0.25, 0.3) is 0 Å². The minimum atomic E-state index is -0.157. The number of carbonyl (C=O) groups excluding carboxylic acids is 2. The van der Waals surface area contributed by atoms with E-state index in [1.807, 2.05) is 37.3 Å². The van der Waals surface area contributed by atoms with E-state index in [1.165, 1.54) is 0 Å². The number of benzene rings is 2. The molecular formula is C22H27Cl2N3O2. The number of halogens is 2.